The second kappa shape index (κ2) is 3.57. The second-order valence-corrected chi connectivity index (χ2v) is 5.75. The van der Waals surface area contributed by atoms with Crippen LogP contribution in [0.4, 0.5) is 0 Å². The van der Waals surface area contributed by atoms with Crippen LogP contribution in [-0.4, -0.2) is 18.0 Å². The highest BCUT2D eigenvalue weighted by Crippen LogP contribution is 2.44. The minimum Gasteiger partial charge on any atom is -0.268 e. The number of nitrogens with zero attached hydrogens (tertiary/aromatic N) is 2. The van der Waals surface area contributed by atoms with E-state index in [0.29, 0.717) is 14.8 Å². The van der Waals surface area contributed by atoms with E-state index in [1.54, 1.807) is 6.92 Å². The Balaban J connectivity index is 2.68. The average Bonchev–Trinajstić information content (AvgIpc) is 2.51. The molecule has 4 nitrogen and oxygen atoms in total. The lowest BCUT2D eigenvalue weighted by molar-refractivity contribution is -0.120. The molecular formula is C7H3I3N2O2. The number of hydrogen-bond acceptors (Lipinski definition) is 2. The summed E-state index contributed by atoms with van der Waals surface area (Å²) in [6.07, 6.45) is 0. The first-order valence-corrected chi connectivity index (χ1v) is 6.59. The average molecular weight is 528 g/mol. The summed E-state index contributed by atoms with van der Waals surface area (Å²) in [4.78, 5) is 23.5. The molecule has 2 aliphatic rings. The van der Waals surface area contributed by atoms with Gasteiger partial charge in [-0.15, -0.1) is 0 Å². The van der Waals surface area contributed by atoms with Crippen molar-refractivity contribution in [3.8, 4) is 0 Å². The van der Waals surface area contributed by atoms with Crippen LogP contribution >= 0.6 is 68.3 Å². The topological polar surface area (TPSA) is 40.6 Å². The molecule has 2 heterocycles. The van der Waals surface area contributed by atoms with E-state index in [2.05, 4.69) is 0 Å². The van der Waals surface area contributed by atoms with Crippen molar-refractivity contribution in [2.45, 2.75) is 6.92 Å². The smallest absolute Gasteiger partial charge is 0.268 e. The first kappa shape index (κ1) is 11.1. The van der Waals surface area contributed by atoms with Crippen molar-refractivity contribution in [1.82, 2.24) is 6.23 Å². The molecule has 0 bridgehead atoms. The highest BCUT2D eigenvalue weighted by molar-refractivity contribution is 14.1. The molecule has 2 aliphatic heterocycles. The molecule has 0 N–H and O–H groups in total. The molecule has 0 fully saturated rings. The van der Waals surface area contributed by atoms with Crippen LogP contribution in [0, 0.1) is 0 Å². The summed E-state index contributed by atoms with van der Waals surface area (Å²) in [5.74, 6) is -0.204. The van der Waals surface area contributed by atoms with Crippen molar-refractivity contribution in [2.24, 2.45) is 0 Å². The van der Waals surface area contributed by atoms with Crippen LogP contribution < -0.4 is 0 Å². The van der Waals surface area contributed by atoms with E-state index in [0.717, 1.165) is 5.70 Å². The van der Waals surface area contributed by atoms with Crippen molar-refractivity contribution in [1.29, 1.82) is 0 Å². The molecule has 74 valence electrons. The number of carbonyl (C=O) groups excluding carboxylic acids is 2. The molecule has 0 spiro atoms. The van der Waals surface area contributed by atoms with E-state index in [1.165, 1.54) is 6.23 Å². The monoisotopic (exact) mass is 528 g/mol. The van der Waals surface area contributed by atoms with Gasteiger partial charge in [0.25, 0.3) is 11.8 Å². The Labute approximate surface area is 122 Å². The lowest BCUT2D eigenvalue weighted by Gasteiger charge is -2.10. The van der Waals surface area contributed by atoms with Gasteiger partial charge in [-0.1, -0.05) is 0 Å². The molecule has 0 atom stereocenters. The largest absolute Gasteiger partial charge is 0.270 e. The molecule has 0 unspecified atom stereocenters. The maximum atomic E-state index is 11.7. The fourth-order valence-electron chi connectivity index (χ4n) is 1.38. The maximum Gasteiger partial charge on any atom is 0.270 e. The summed E-state index contributed by atoms with van der Waals surface area (Å²) < 4.78 is 3.67. The molecule has 0 radical (unpaired) electrons. The van der Waals surface area contributed by atoms with Crippen molar-refractivity contribution >= 4 is 80.1 Å². The summed E-state index contributed by atoms with van der Waals surface area (Å²) in [6.45, 7) is 1.78. The highest BCUT2D eigenvalue weighted by atomic mass is 127. The number of fused-ring (bicyclic) bond motifs is 1. The Hall–Kier alpha value is 0.610. The Bertz CT molecular complexity index is 387. The first-order chi connectivity index (χ1) is 6.46. The van der Waals surface area contributed by atoms with Crippen molar-refractivity contribution in [2.75, 3.05) is 0 Å². The van der Waals surface area contributed by atoms with Gasteiger partial charge in [0, 0.05) is 5.70 Å². The van der Waals surface area contributed by atoms with Gasteiger partial charge in [0.1, 0.15) is 3.70 Å². The summed E-state index contributed by atoms with van der Waals surface area (Å²) in [7, 11) is 0. The normalized spacial score (nSPS) is 21.7. The van der Waals surface area contributed by atoms with Crippen LogP contribution in [0.5, 0.6) is 0 Å². The van der Waals surface area contributed by atoms with E-state index in [-0.39, 0.29) is 11.8 Å². The number of hydrogen-bond donors (Lipinski definition) is 0. The third-order valence-corrected chi connectivity index (χ3v) is 6.10. The summed E-state index contributed by atoms with van der Waals surface area (Å²) in [5, 5.41) is 0. The van der Waals surface area contributed by atoms with Crippen molar-refractivity contribution in [3.05, 3.63) is 20.5 Å². The molecule has 0 aromatic heterocycles. The van der Waals surface area contributed by atoms with Gasteiger partial charge >= 0.3 is 0 Å². The highest BCUT2D eigenvalue weighted by Gasteiger charge is 2.45. The van der Waals surface area contributed by atoms with Gasteiger partial charge in [-0.25, -0.2) is 3.11 Å². The number of allylic oxidation sites excluding steroid dienone is 1. The van der Waals surface area contributed by atoms with E-state index in [4.69, 9.17) is 0 Å². The third kappa shape index (κ3) is 1.27. The van der Waals surface area contributed by atoms with Gasteiger partial charge in [-0.05, 0) is 29.5 Å². The minimum atomic E-state index is -0.102. The molecule has 0 saturated carbocycles. The Morgan fingerprint density at radius 3 is 2.00 bits per heavy atom. The third-order valence-electron chi connectivity index (χ3n) is 2.07. The molecule has 2 amide bonds. The standard InChI is InChI=1S/C7H3I3N2O2/c1-2-3-4(7(14)11(2)9)5(8)12(10)6(3)13/h1H3. The van der Waals surface area contributed by atoms with Crippen LogP contribution in [0.15, 0.2) is 20.5 Å². The van der Waals surface area contributed by atoms with Crippen LogP contribution in [0.2, 0.25) is 0 Å². The van der Waals surface area contributed by atoms with Gasteiger partial charge in [-0.3, -0.25) is 12.7 Å². The zero-order valence-corrected chi connectivity index (χ0v) is 13.3. The minimum absolute atomic E-state index is 0.102. The van der Waals surface area contributed by atoms with Gasteiger partial charge < -0.3 is 0 Å². The van der Waals surface area contributed by atoms with E-state index in [1.807, 2.05) is 68.3 Å². The molecule has 7 heteroatoms. The SMILES string of the molecule is CC1=C2C(=O)N(I)C(I)=C2C(=O)N1I. The van der Waals surface area contributed by atoms with Gasteiger partial charge in [0.05, 0.1) is 56.9 Å². The van der Waals surface area contributed by atoms with Crippen LogP contribution in [0.1, 0.15) is 6.92 Å². The van der Waals surface area contributed by atoms with E-state index in [9.17, 15) is 9.59 Å². The van der Waals surface area contributed by atoms with Gasteiger partial charge in [0.2, 0.25) is 0 Å². The molecular weight excluding hydrogens is 525 g/mol. The zero-order chi connectivity index (χ0) is 10.6. The van der Waals surface area contributed by atoms with Crippen LogP contribution in [0.25, 0.3) is 0 Å². The fourth-order valence-corrected chi connectivity index (χ4v) is 3.06. The number of halogens is 3. The fraction of sp³-hybridized carbons (Fsp3) is 0.143. The van der Waals surface area contributed by atoms with Crippen LogP contribution in [-0.2, 0) is 9.59 Å². The van der Waals surface area contributed by atoms with Gasteiger partial charge in [0.15, 0.2) is 0 Å². The number of carbonyl (C=O) groups is 2. The predicted molar refractivity (Wildman–Crippen MR) is 75.5 cm³/mol. The predicted octanol–water partition coefficient (Wildman–Crippen LogP) is 2.29. The molecule has 0 aromatic carbocycles. The summed E-state index contributed by atoms with van der Waals surface area (Å²) in [5.41, 5.74) is 1.81. The second-order valence-electron chi connectivity index (χ2n) is 2.80. The molecule has 0 saturated heterocycles. The first-order valence-electron chi connectivity index (χ1n) is 3.58. The lowest BCUT2D eigenvalue weighted by Crippen LogP contribution is -2.16. The molecule has 0 aromatic rings. The Kier molecular flexibility index (Phi) is 2.83. The maximum absolute atomic E-state index is 11.7. The van der Waals surface area contributed by atoms with Gasteiger partial charge in [-0.2, -0.15) is 0 Å². The Morgan fingerprint density at radius 1 is 1.00 bits per heavy atom. The summed E-state index contributed by atoms with van der Waals surface area (Å²) >= 11 is 5.84. The number of rotatable bonds is 0. The van der Waals surface area contributed by atoms with E-state index >= 15 is 0 Å². The summed E-state index contributed by atoms with van der Waals surface area (Å²) in [6, 6.07) is 0. The van der Waals surface area contributed by atoms with Crippen molar-refractivity contribution < 1.29 is 9.59 Å². The Morgan fingerprint density at radius 2 is 1.50 bits per heavy atom. The van der Waals surface area contributed by atoms with Crippen LogP contribution in [0.3, 0.4) is 0 Å². The lowest BCUT2D eigenvalue weighted by atomic mass is 10.1. The van der Waals surface area contributed by atoms with Crippen molar-refractivity contribution in [3.63, 3.8) is 0 Å². The van der Waals surface area contributed by atoms with E-state index < -0.39 is 0 Å². The number of amides is 2. The quantitative estimate of drug-likeness (QED) is 0.276. The molecule has 2 rings (SSSR count). The molecule has 14 heavy (non-hydrogen) atoms. The zero-order valence-electron chi connectivity index (χ0n) is 6.84. The molecule has 0 aliphatic carbocycles.